The van der Waals surface area contributed by atoms with E-state index >= 15 is 0 Å². The third kappa shape index (κ3) is 2.27. The quantitative estimate of drug-likeness (QED) is 0.697. The van der Waals surface area contributed by atoms with Gasteiger partial charge in [-0.25, -0.2) is 0 Å². The van der Waals surface area contributed by atoms with Crippen molar-refractivity contribution in [3.8, 4) is 0 Å². The molecule has 1 aliphatic rings. The third-order valence-electron chi connectivity index (χ3n) is 1.93. The zero-order valence-electron chi connectivity index (χ0n) is 5.64. The molecule has 1 aliphatic heterocycles. The summed E-state index contributed by atoms with van der Waals surface area (Å²) in [6.45, 7) is 1.31. The minimum atomic E-state index is 0.867. The van der Waals surface area contributed by atoms with Crippen molar-refractivity contribution in [1.82, 2.24) is 4.90 Å². The van der Waals surface area contributed by atoms with E-state index in [0.29, 0.717) is 0 Å². The summed E-state index contributed by atoms with van der Waals surface area (Å²) in [6, 6.07) is 0.867. The van der Waals surface area contributed by atoms with Crippen LogP contribution >= 0.6 is 30.1 Å². The summed E-state index contributed by atoms with van der Waals surface area (Å²) in [5.74, 6) is 1.30. The van der Waals surface area contributed by atoms with Crippen molar-refractivity contribution in [3.63, 3.8) is 0 Å². The van der Waals surface area contributed by atoms with Crippen LogP contribution in [0.25, 0.3) is 0 Å². The van der Waals surface area contributed by atoms with Gasteiger partial charge in [-0.3, -0.25) is 0 Å². The molecule has 0 aliphatic carbocycles. The zero-order valence-corrected chi connectivity index (χ0v) is 8.61. The molecule has 9 heavy (non-hydrogen) atoms. The highest BCUT2D eigenvalue weighted by molar-refractivity contribution is 14.2. The fourth-order valence-electron chi connectivity index (χ4n) is 1.26. The molecule has 1 unspecified atom stereocenters. The second-order valence-corrected chi connectivity index (χ2v) is 4.97. The number of halogens is 1. The van der Waals surface area contributed by atoms with Crippen molar-refractivity contribution < 1.29 is 0 Å². The maximum Gasteiger partial charge on any atom is 0.0191 e. The van der Waals surface area contributed by atoms with Gasteiger partial charge < -0.3 is 4.90 Å². The minimum Gasteiger partial charge on any atom is -0.303 e. The number of hydrogen-bond acceptors (Lipinski definition) is 2. The molecule has 0 N–H and O–H groups in total. The summed E-state index contributed by atoms with van der Waals surface area (Å²) in [5.41, 5.74) is 0. The SMILES string of the molecule is CN1CCCC1CSI. The summed E-state index contributed by atoms with van der Waals surface area (Å²) in [6.07, 6.45) is 2.81. The first-order valence-electron chi connectivity index (χ1n) is 3.28. The maximum absolute atomic E-state index is 2.46. The van der Waals surface area contributed by atoms with Gasteiger partial charge in [-0.2, -0.15) is 0 Å². The smallest absolute Gasteiger partial charge is 0.0191 e. The van der Waals surface area contributed by atoms with Crippen molar-refractivity contribution in [1.29, 1.82) is 0 Å². The normalized spacial score (nSPS) is 29.3. The molecule has 1 atom stereocenters. The lowest BCUT2D eigenvalue weighted by Gasteiger charge is -2.16. The van der Waals surface area contributed by atoms with Gasteiger partial charge in [0, 0.05) is 11.8 Å². The van der Waals surface area contributed by atoms with Crippen LogP contribution in [0.2, 0.25) is 0 Å². The van der Waals surface area contributed by atoms with Crippen LogP contribution in [0.4, 0.5) is 0 Å². The summed E-state index contributed by atoms with van der Waals surface area (Å²) < 4.78 is 0. The monoisotopic (exact) mass is 257 g/mol. The summed E-state index contributed by atoms with van der Waals surface area (Å²) in [5, 5.41) is 0. The van der Waals surface area contributed by atoms with E-state index in [1.54, 1.807) is 0 Å². The molecule has 1 fully saturated rings. The third-order valence-corrected chi connectivity index (χ3v) is 3.52. The average molecular weight is 257 g/mol. The van der Waals surface area contributed by atoms with Crippen LogP contribution in [-0.2, 0) is 0 Å². The Morgan fingerprint density at radius 1 is 1.78 bits per heavy atom. The molecule has 0 aromatic heterocycles. The number of rotatable bonds is 2. The molecule has 0 spiro atoms. The van der Waals surface area contributed by atoms with Crippen molar-refractivity contribution in [3.05, 3.63) is 0 Å². The molecule has 3 heteroatoms. The minimum absolute atomic E-state index is 0.867. The van der Waals surface area contributed by atoms with E-state index in [9.17, 15) is 0 Å². The molecule has 1 saturated heterocycles. The molecule has 0 aromatic rings. The van der Waals surface area contributed by atoms with Gasteiger partial charge in [-0.05, 0) is 47.6 Å². The van der Waals surface area contributed by atoms with Gasteiger partial charge in [-0.1, -0.05) is 8.93 Å². The van der Waals surface area contributed by atoms with Crippen LogP contribution in [0.15, 0.2) is 0 Å². The van der Waals surface area contributed by atoms with Crippen molar-refractivity contribution in [2.75, 3.05) is 19.3 Å². The molecule has 0 bridgehead atoms. The molecule has 0 aromatic carbocycles. The summed E-state index contributed by atoms with van der Waals surface area (Å²) in [4.78, 5) is 2.46. The highest BCUT2D eigenvalue weighted by Gasteiger charge is 2.19. The van der Waals surface area contributed by atoms with Gasteiger partial charge in [-0.15, -0.1) is 0 Å². The molecule has 54 valence electrons. The Balaban J connectivity index is 2.22. The van der Waals surface area contributed by atoms with E-state index in [1.807, 2.05) is 8.93 Å². The Labute approximate surface area is 73.2 Å². The van der Waals surface area contributed by atoms with Gasteiger partial charge in [0.15, 0.2) is 0 Å². The predicted octanol–water partition coefficient (Wildman–Crippen LogP) is 2.16. The average Bonchev–Trinajstić information content (AvgIpc) is 2.18. The summed E-state index contributed by atoms with van der Waals surface area (Å²) >= 11 is 2.38. The van der Waals surface area contributed by atoms with E-state index in [0.717, 1.165) is 6.04 Å². The largest absolute Gasteiger partial charge is 0.303 e. The maximum atomic E-state index is 2.46. The Kier molecular flexibility index (Phi) is 3.65. The first kappa shape index (κ1) is 8.14. The lowest BCUT2D eigenvalue weighted by atomic mass is 10.2. The molecule has 1 rings (SSSR count). The lowest BCUT2D eigenvalue weighted by molar-refractivity contribution is 0.335. The van der Waals surface area contributed by atoms with E-state index < -0.39 is 0 Å². The topological polar surface area (TPSA) is 3.24 Å². The van der Waals surface area contributed by atoms with Crippen LogP contribution in [0.3, 0.4) is 0 Å². The zero-order chi connectivity index (χ0) is 6.69. The molecule has 0 amide bonds. The van der Waals surface area contributed by atoms with Gasteiger partial charge in [0.25, 0.3) is 0 Å². The van der Waals surface area contributed by atoms with Crippen molar-refractivity contribution in [2.24, 2.45) is 0 Å². The molecular weight excluding hydrogens is 245 g/mol. The van der Waals surface area contributed by atoms with Crippen LogP contribution in [-0.4, -0.2) is 30.3 Å². The molecule has 0 radical (unpaired) electrons. The number of likely N-dealkylation sites (tertiary alicyclic amines) is 1. The Hall–Kier alpha value is 1.04. The molecule has 0 saturated carbocycles. The lowest BCUT2D eigenvalue weighted by Crippen LogP contribution is -2.26. The van der Waals surface area contributed by atoms with E-state index in [4.69, 9.17) is 0 Å². The number of nitrogens with zero attached hydrogens (tertiary/aromatic N) is 1. The van der Waals surface area contributed by atoms with Gasteiger partial charge in [0.1, 0.15) is 0 Å². The van der Waals surface area contributed by atoms with Gasteiger partial charge >= 0.3 is 0 Å². The second-order valence-electron chi connectivity index (χ2n) is 2.55. The predicted molar refractivity (Wildman–Crippen MR) is 52.1 cm³/mol. The second kappa shape index (κ2) is 4.03. The number of hydrogen-bond donors (Lipinski definition) is 0. The van der Waals surface area contributed by atoms with E-state index in [-0.39, 0.29) is 0 Å². The van der Waals surface area contributed by atoms with Crippen molar-refractivity contribution >= 4 is 30.1 Å². The van der Waals surface area contributed by atoms with Crippen LogP contribution < -0.4 is 0 Å². The molecule has 1 nitrogen and oxygen atoms in total. The first-order valence-corrected chi connectivity index (χ1v) is 6.81. The highest BCUT2D eigenvalue weighted by atomic mass is 127. The first-order chi connectivity index (χ1) is 4.34. The fourth-order valence-corrected chi connectivity index (χ4v) is 3.07. The van der Waals surface area contributed by atoms with Crippen LogP contribution in [0.5, 0.6) is 0 Å². The van der Waals surface area contributed by atoms with Gasteiger partial charge in [0.05, 0.1) is 0 Å². The highest BCUT2D eigenvalue weighted by Crippen LogP contribution is 2.22. The standard InChI is InChI=1S/C6H12INS/c1-8-4-2-3-6(8)5-9-7/h6H,2-5H2,1H3. The van der Waals surface area contributed by atoms with Crippen LogP contribution in [0.1, 0.15) is 12.8 Å². The Morgan fingerprint density at radius 2 is 2.56 bits per heavy atom. The van der Waals surface area contributed by atoms with E-state index in [2.05, 4.69) is 33.2 Å². The fraction of sp³-hybridized carbons (Fsp3) is 1.00. The Bertz CT molecular complexity index is 89.1. The van der Waals surface area contributed by atoms with E-state index in [1.165, 1.54) is 25.1 Å². The summed E-state index contributed by atoms with van der Waals surface area (Å²) in [7, 11) is 4.16. The Morgan fingerprint density at radius 3 is 3.00 bits per heavy atom. The van der Waals surface area contributed by atoms with Crippen LogP contribution in [0, 0.1) is 0 Å². The van der Waals surface area contributed by atoms with Gasteiger partial charge in [0.2, 0.25) is 0 Å². The molecular formula is C6H12INS. The van der Waals surface area contributed by atoms with Crippen molar-refractivity contribution in [2.45, 2.75) is 18.9 Å². The molecule has 1 heterocycles.